The molecular weight excluding hydrogens is 484 g/mol. The molecule has 2 aromatic carbocycles. The largest absolute Gasteiger partial charge is 0.484 e. The van der Waals surface area contributed by atoms with Gasteiger partial charge in [0.25, 0.3) is 11.8 Å². The number of amides is 2. The van der Waals surface area contributed by atoms with Crippen LogP contribution in [0, 0.1) is 13.8 Å². The third-order valence-corrected chi connectivity index (χ3v) is 6.02. The average Bonchev–Trinajstić information content (AvgIpc) is 3.33. The fraction of sp³-hybridized carbons (Fsp3) is 0.240. The molecule has 2 N–H and O–H groups in total. The van der Waals surface area contributed by atoms with Crippen LogP contribution in [0.3, 0.4) is 0 Å². The molecule has 0 unspecified atom stereocenters. The Bertz CT molecular complexity index is 1300. The van der Waals surface area contributed by atoms with Crippen LogP contribution in [0.4, 0.5) is 5.69 Å². The lowest BCUT2D eigenvalue weighted by atomic mass is 10.1. The maximum Gasteiger partial charge on any atom is 0.260 e. The zero-order valence-corrected chi connectivity index (χ0v) is 21.0. The smallest absolute Gasteiger partial charge is 0.260 e. The standard InChI is InChI=1S/C25H28N4O6S/c1-18-11-19(2)13-21(12-18)29(36(3,32)33)16-24(30)28-27-14-20-6-8-22(9-7-20)35-17-25(31)26-15-23-5-4-10-34-23/h4-14H,15-17H2,1-3H3,(H,26,31)(H,28,30)/b27-14-. The minimum absolute atomic E-state index is 0.151. The number of furan rings is 1. The molecule has 11 heteroatoms. The molecule has 0 aliphatic heterocycles. The first-order valence-corrected chi connectivity index (χ1v) is 12.8. The minimum atomic E-state index is -3.68. The Hall–Kier alpha value is -4.12. The molecule has 0 spiro atoms. The van der Waals surface area contributed by atoms with Gasteiger partial charge in [-0.2, -0.15) is 5.10 Å². The number of benzene rings is 2. The third-order valence-electron chi connectivity index (χ3n) is 4.87. The molecule has 1 aromatic heterocycles. The molecule has 0 atom stereocenters. The van der Waals surface area contributed by atoms with E-state index in [2.05, 4.69) is 15.8 Å². The van der Waals surface area contributed by atoms with E-state index >= 15 is 0 Å². The molecule has 0 fully saturated rings. The van der Waals surface area contributed by atoms with E-state index in [-0.39, 0.29) is 19.1 Å². The number of sulfonamides is 1. The van der Waals surface area contributed by atoms with Gasteiger partial charge in [-0.3, -0.25) is 13.9 Å². The van der Waals surface area contributed by atoms with Gasteiger partial charge in [-0.15, -0.1) is 0 Å². The van der Waals surface area contributed by atoms with Crippen LogP contribution in [0.5, 0.6) is 5.75 Å². The van der Waals surface area contributed by atoms with Crippen LogP contribution < -0.4 is 19.8 Å². The number of hydrogen-bond acceptors (Lipinski definition) is 7. The van der Waals surface area contributed by atoms with Crippen molar-refractivity contribution in [3.63, 3.8) is 0 Å². The summed E-state index contributed by atoms with van der Waals surface area (Å²) in [5, 5.41) is 6.58. The predicted molar refractivity (Wildman–Crippen MR) is 136 cm³/mol. The summed E-state index contributed by atoms with van der Waals surface area (Å²) in [7, 11) is -3.68. The van der Waals surface area contributed by atoms with Gasteiger partial charge in [-0.25, -0.2) is 13.8 Å². The molecule has 0 saturated heterocycles. The number of hydrogen-bond donors (Lipinski definition) is 2. The second kappa shape index (κ2) is 12.0. The van der Waals surface area contributed by atoms with Crippen molar-refractivity contribution >= 4 is 33.7 Å². The Kier molecular flexibility index (Phi) is 8.85. The SMILES string of the molecule is Cc1cc(C)cc(N(CC(=O)N/N=C\c2ccc(OCC(=O)NCc3ccco3)cc2)S(C)(=O)=O)c1. The molecular formula is C25H28N4O6S. The van der Waals surface area contributed by atoms with Crippen LogP contribution in [0.1, 0.15) is 22.5 Å². The second-order valence-corrected chi connectivity index (χ2v) is 10.0. The Morgan fingerprint density at radius 3 is 2.36 bits per heavy atom. The molecule has 36 heavy (non-hydrogen) atoms. The van der Waals surface area contributed by atoms with E-state index in [0.717, 1.165) is 21.7 Å². The van der Waals surface area contributed by atoms with Crippen molar-refractivity contribution in [1.82, 2.24) is 10.7 Å². The molecule has 0 radical (unpaired) electrons. The number of nitrogens with zero attached hydrogens (tertiary/aromatic N) is 2. The van der Waals surface area contributed by atoms with Crippen LogP contribution in [0.25, 0.3) is 0 Å². The van der Waals surface area contributed by atoms with Crippen molar-refractivity contribution in [3.05, 3.63) is 83.3 Å². The molecule has 0 aliphatic rings. The fourth-order valence-electron chi connectivity index (χ4n) is 3.29. The van der Waals surface area contributed by atoms with E-state index in [1.807, 2.05) is 19.9 Å². The van der Waals surface area contributed by atoms with Crippen molar-refractivity contribution < 1.29 is 27.2 Å². The van der Waals surface area contributed by atoms with Crippen molar-refractivity contribution in [2.45, 2.75) is 20.4 Å². The first-order valence-electron chi connectivity index (χ1n) is 11.0. The van der Waals surface area contributed by atoms with Gasteiger partial charge < -0.3 is 14.5 Å². The van der Waals surface area contributed by atoms with E-state index in [1.54, 1.807) is 48.5 Å². The van der Waals surface area contributed by atoms with Crippen LogP contribution in [-0.4, -0.2) is 45.9 Å². The van der Waals surface area contributed by atoms with Gasteiger partial charge in [-0.1, -0.05) is 6.07 Å². The quantitative estimate of drug-likeness (QED) is 0.300. The van der Waals surface area contributed by atoms with Gasteiger partial charge in [0.05, 0.1) is 31.0 Å². The lowest BCUT2D eigenvalue weighted by Crippen LogP contribution is -2.39. The highest BCUT2D eigenvalue weighted by molar-refractivity contribution is 7.92. The van der Waals surface area contributed by atoms with Crippen LogP contribution >= 0.6 is 0 Å². The predicted octanol–water partition coefficient (Wildman–Crippen LogP) is 2.51. The van der Waals surface area contributed by atoms with Crippen molar-refractivity contribution in [2.75, 3.05) is 23.7 Å². The summed E-state index contributed by atoms with van der Waals surface area (Å²) in [6.07, 6.45) is 4.00. The zero-order valence-electron chi connectivity index (χ0n) is 20.2. The Balaban J connectivity index is 1.49. The summed E-state index contributed by atoms with van der Waals surface area (Å²) in [6.45, 7) is 3.43. The number of nitrogens with one attached hydrogen (secondary N) is 2. The third kappa shape index (κ3) is 8.27. The molecule has 2 amide bonds. The van der Waals surface area contributed by atoms with Crippen molar-refractivity contribution in [1.29, 1.82) is 0 Å². The second-order valence-electron chi connectivity index (χ2n) is 8.12. The molecule has 1 heterocycles. The highest BCUT2D eigenvalue weighted by Crippen LogP contribution is 2.21. The summed E-state index contributed by atoms with van der Waals surface area (Å²) in [5.41, 5.74) is 5.20. The number of ether oxygens (including phenoxy) is 1. The van der Waals surface area contributed by atoms with Gasteiger partial charge in [0.2, 0.25) is 10.0 Å². The van der Waals surface area contributed by atoms with Gasteiger partial charge in [0.15, 0.2) is 6.61 Å². The Labute approximate surface area is 210 Å². The molecule has 190 valence electrons. The normalized spacial score (nSPS) is 11.3. The lowest BCUT2D eigenvalue weighted by molar-refractivity contribution is -0.123. The maximum atomic E-state index is 12.4. The van der Waals surface area contributed by atoms with Gasteiger partial charge >= 0.3 is 0 Å². The number of hydrazone groups is 1. The zero-order chi connectivity index (χ0) is 26.1. The number of carbonyl (C=O) groups excluding carboxylic acids is 2. The number of aryl methyl sites for hydroxylation is 2. The molecule has 3 aromatic rings. The van der Waals surface area contributed by atoms with E-state index in [0.29, 0.717) is 22.8 Å². The Morgan fingerprint density at radius 2 is 1.75 bits per heavy atom. The number of rotatable bonds is 11. The number of anilines is 1. The van der Waals surface area contributed by atoms with Gasteiger partial charge in [0, 0.05) is 0 Å². The molecule has 0 aliphatic carbocycles. The monoisotopic (exact) mass is 512 g/mol. The number of carbonyl (C=O) groups is 2. The van der Waals surface area contributed by atoms with E-state index in [4.69, 9.17) is 9.15 Å². The van der Waals surface area contributed by atoms with Crippen molar-refractivity contribution in [2.24, 2.45) is 5.10 Å². The fourth-order valence-corrected chi connectivity index (χ4v) is 4.13. The lowest BCUT2D eigenvalue weighted by Gasteiger charge is -2.22. The van der Waals surface area contributed by atoms with Gasteiger partial charge in [-0.05, 0) is 79.1 Å². The molecule has 3 rings (SSSR count). The summed E-state index contributed by atoms with van der Waals surface area (Å²) in [4.78, 5) is 24.2. The molecule has 10 nitrogen and oxygen atoms in total. The van der Waals surface area contributed by atoms with Crippen LogP contribution in [0.2, 0.25) is 0 Å². The maximum absolute atomic E-state index is 12.4. The highest BCUT2D eigenvalue weighted by atomic mass is 32.2. The van der Waals surface area contributed by atoms with Crippen molar-refractivity contribution in [3.8, 4) is 5.75 Å². The van der Waals surface area contributed by atoms with Gasteiger partial charge in [0.1, 0.15) is 18.1 Å². The Morgan fingerprint density at radius 1 is 1.06 bits per heavy atom. The van der Waals surface area contributed by atoms with E-state index in [9.17, 15) is 18.0 Å². The summed E-state index contributed by atoms with van der Waals surface area (Å²) in [6, 6.07) is 15.5. The summed E-state index contributed by atoms with van der Waals surface area (Å²) in [5.74, 6) is 0.259. The average molecular weight is 513 g/mol. The first-order chi connectivity index (χ1) is 17.1. The topological polar surface area (TPSA) is 130 Å². The van der Waals surface area contributed by atoms with E-state index < -0.39 is 22.5 Å². The molecule has 0 saturated carbocycles. The highest BCUT2D eigenvalue weighted by Gasteiger charge is 2.21. The summed E-state index contributed by atoms with van der Waals surface area (Å²) >= 11 is 0. The summed E-state index contributed by atoms with van der Waals surface area (Å²) < 4.78 is 36.2. The molecule has 0 bridgehead atoms. The van der Waals surface area contributed by atoms with Crippen LogP contribution in [0.15, 0.2) is 70.4 Å². The van der Waals surface area contributed by atoms with Crippen LogP contribution in [-0.2, 0) is 26.2 Å². The van der Waals surface area contributed by atoms with E-state index in [1.165, 1.54) is 12.5 Å². The minimum Gasteiger partial charge on any atom is -0.484 e. The first kappa shape index (κ1) is 26.5.